The van der Waals surface area contributed by atoms with Crippen LogP contribution in [0.25, 0.3) is 0 Å². The summed E-state index contributed by atoms with van der Waals surface area (Å²) in [5.41, 5.74) is 2.31. The molecule has 0 aliphatic carbocycles. The van der Waals surface area contributed by atoms with E-state index in [1.54, 1.807) is 11.9 Å². The zero-order valence-corrected chi connectivity index (χ0v) is 12.8. The summed E-state index contributed by atoms with van der Waals surface area (Å²) in [7, 11) is 1.72. The average Bonchev–Trinajstić information content (AvgIpc) is 2.73. The van der Waals surface area contributed by atoms with Crippen molar-refractivity contribution in [2.75, 3.05) is 26.7 Å². The molecule has 1 aromatic carbocycles. The summed E-state index contributed by atoms with van der Waals surface area (Å²) in [4.78, 5) is 24.9. The maximum absolute atomic E-state index is 11.9. The molecule has 5 nitrogen and oxygen atoms in total. The van der Waals surface area contributed by atoms with Crippen LogP contribution < -0.4 is 10.1 Å². The molecular weight excluding hydrogens is 268 g/mol. The first-order valence-corrected chi connectivity index (χ1v) is 7.18. The van der Waals surface area contributed by atoms with Gasteiger partial charge in [-0.15, -0.1) is 0 Å². The number of benzene rings is 1. The van der Waals surface area contributed by atoms with E-state index < -0.39 is 0 Å². The first-order valence-electron chi connectivity index (χ1n) is 7.18. The molecule has 1 N–H and O–H groups in total. The molecule has 0 saturated carbocycles. The van der Waals surface area contributed by atoms with Gasteiger partial charge < -0.3 is 15.0 Å². The Morgan fingerprint density at radius 2 is 2.00 bits per heavy atom. The highest BCUT2D eigenvalue weighted by Gasteiger charge is 2.31. The predicted octanol–water partition coefficient (Wildman–Crippen LogP) is 1.28. The van der Waals surface area contributed by atoms with E-state index in [4.69, 9.17) is 4.74 Å². The van der Waals surface area contributed by atoms with Gasteiger partial charge in [0.25, 0.3) is 0 Å². The molecular formula is C16H22N2O3. The van der Waals surface area contributed by atoms with Gasteiger partial charge >= 0.3 is 0 Å². The van der Waals surface area contributed by atoms with Gasteiger partial charge in [0.1, 0.15) is 12.4 Å². The van der Waals surface area contributed by atoms with Crippen molar-refractivity contribution in [1.82, 2.24) is 10.2 Å². The number of hydrogen-bond acceptors (Lipinski definition) is 3. The molecule has 0 aromatic heterocycles. The smallest absolute Gasteiger partial charge is 0.225 e. The number of carbonyl (C=O) groups is 2. The highest BCUT2D eigenvalue weighted by atomic mass is 16.5. The molecule has 0 radical (unpaired) electrons. The van der Waals surface area contributed by atoms with Gasteiger partial charge in [0, 0.05) is 20.0 Å². The summed E-state index contributed by atoms with van der Waals surface area (Å²) >= 11 is 0. The standard InChI is InChI=1S/C16H22N2O3/c1-11-6-12(2)8-14(7-11)21-5-4-17-16(20)13-9-15(19)18(3)10-13/h6-8,13H,4-5,9-10H2,1-3H3,(H,17,20)/t13-/m1/s1. The van der Waals surface area contributed by atoms with Crippen LogP contribution in [0, 0.1) is 19.8 Å². The van der Waals surface area contributed by atoms with Gasteiger partial charge in [-0.25, -0.2) is 0 Å². The van der Waals surface area contributed by atoms with E-state index in [0.29, 0.717) is 26.1 Å². The topological polar surface area (TPSA) is 58.6 Å². The van der Waals surface area contributed by atoms with E-state index in [9.17, 15) is 9.59 Å². The molecule has 0 bridgehead atoms. The van der Waals surface area contributed by atoms with Crippen LogP contribution >= 0.6 is 0 Å². The maximum Gasteiger partial charge on any atom is 0.225 e. The fourth-order valence-electron chi connectivity index (χ4n) is 2.54. The Morgan fingerprint density at radius 1 is 1.33 bits per heavy atom. The van der Waals surface area contributed by atoms with Crippen molar-refractivity contribution in [3.05, 3.63) is 29.3 Å². The maximum atomic E-state index is 11.9. The van der Waals surface area contributed by atoms with E-state index in [0.717, 1.165) is 16.9 Å². The van der Waals surface area contributed by atoms with Crippen molar-refractivity contribution in [2.24, 2.45) is 5.92 Å². The summed E-state index contributed by atoms with van der Waals surface area (Å²) in [6, 6.07) is 6.03. The third-order valence-electron chi connectivity index (χ3n) is 3.58. The Hall–Kier alpha value is -2.04. The average molecular weight is 290 g/mol. The summed E-state index contributed by atoms with van der Waals surface area (Å²) in [5.74, 6) is 0.541. The van der Waals surface area contributed by atoms with E-state index in [1.807, 2.05) is 26.0 Å². The molecule has 1 aliphatic heterocycles. The van der Waals surface area contributed by atoms with E-state index in [-0.39, 0.29) is 17.7 Å². The van der Waals surface area contributed by atoms with Crippen LogP contribution in [0.3, 0.4) is 0 Å². The molecule has 0 unspecified atom stereocenters. The summed E-state index contributed by atoms with van der Waals surface area (Å²) < 4.78 is 5.63. The van der Waals surface area contributed by atoms with Gasteiger partial charge in [-0.3, -0.25) is 9.59 Å². The zero-order chi connectivity index (χ0) is 15.4. The Labute approximate surface area is 125 Å². The van der Waals surface area contributed by atoms with Crippen LogP contribution in [0.2, 0.25) is 0 Å². The molecule has 114 valence electrons. The molecule has 21 heavy (non-hydrogen) atoms. The third-order valence-corrected chi connectivity index (χ3v) is 3.58. The molecule has 1 aromatic rings. The minimum atomic E-state index is -0.233. The molecule has 2 rings (SSSR count). The molecule has 1 atom stereocenters. The summed E-state index contributed by atoms with van der Waals surface area (Å²) in [5, 5.41) is 2.82. The van der Waals surface area contributed by atoms with Gasteiger partial charge in [-0.05, 0) is 37.1 Å². The highest BCUT2D eigenvalue weighted by Crippen LogP contribution is 2.17. The van der Waals surface area contributed by atoms with E-state index in [1.165, 1.54) is 0 Å². The number of rotatable bonds is 5. The Morgan fingerprint density at radius 3 is 2.57 bits per heavy atom. The number of carbonyl (C=O) groups excluding carboxylic acids is 2. The predicted molar refractivity (Wildman–Crippen MR) is 80.2 cm³/mol. The van der Waals surface area contributed by atoms with Crippen molar-refractivity contribution in [2.45, 2.75) is 20.3 Å². The second-order valence-corrected chi connectivity index (χ2v) is 5.64. The number of ether oxygens (including phenoxy) is 1. The minimum absolute atomic E-state index is 0.0293. The van der Waals surface area contributed by atoms with Crippen LogP contribution in [-0.4, -0.2) is 43.5 Å². The lowest BCUT2D eigenvalue weighted by Gasteiger charge is -2.12. The van der Waals surface area contributed by atoms with Gasteiger partial charge in [-0.1, -0.05) is 6.07 Å². The normalized spacial score (nSPS) is 18.0. The number of aryl methyl sites for hydroxylation is 2. The van der Waals surface area contributed by atoms with E-state index in [2.05, 4.69) is 11.4 Å². The second-order valence-electron chi connectivity index (χ2n) is 5.64. The fraction of sp³-hybridized carbons (Fsp3) is 0.500. The van der Waals surface area contributed by atoms with Crippen LogP contribution in [0.4, 0.5) is 0 Å². The minimum Gasteiger partial charge on any atom is -0.492 e. The lowest BCUT2D eigenvalue weighted by molar-refractivity contribution is -0.128. The lowest BCUT2D eigenvalue weighted by Crippen LogP contribution is -2.34. The largest absolute Gasteiger partial charge is 0.492 e. The quantitative estimate of drug-likeness (QED) is 0.831. The second kappa shape index (κ2) is 6.61. The van der Waals surface area contributed by atoms with Crippen molar-refractivity contribution >= 4 is 11.8 Å². The zero-order valence-electron chi connectivity index (χ0n) is 12.8. The number of nitrogens with zero attached hydrogens (tertiary/aromatic N) is 1. The molecule has 1 saturated heterocycles. The van der Waals surface area contributed by atoms with Gasteiger partial charge in [0.05, 0.1) is 12.5 Å². The molecule has 5 heteroatoms. The molecule has 1 heterocycles. The number of hydrogen-bond donors (Lipinski definition) is 1. The molecule has 2 amide bonds. The van der Waals surface area contributed by atoms with Crippen LogP contribution in [0.5, 0.6) is 5.75 Å². The van der Waals surface area contributed by atoms with Gasteiger partial charge in [-0.2, -0.15) is 0 Å². The first-order chi connectivity index (χ1) is 9.95. The monoisotopic (exact) mass is 290 g/mol. The van der Waals surface area contributed by atoms with Crippen molar-refractivity contribution in [3.8, 4) is 5.75 Å². The Kier molecular flexibility index (Phi) is 4.83. The molecule has 0 spiro atoms. The lowest BCUT2D eigenvalue weighted by atomic mass is 10.1. The van der Waals surface area contributed by atoms with Crippen molar-refractivity contribution in [3.63, 3.8) is 0 Å². The van der Waals surface area contributed by atoms with E-state index >= 15 is 0 Å². The Balaban J connectivity index is 1.72. The SMILES string of the molecule is Cc1cc(C)cc(OCCNC(=O)[C@@H]2CC(=O)N(C)C2)c1. The number of likely N-dealkylation sites (tertiary alicyclic amines) is 1. The van der Waals surface area contributed by atoms with Crippen LogP contribution in [-0.2, 0) is 9.59 Å². The highest BCUT2D eigenvalue weighted by molar-refractivity contribution is 5.89. The van der Waals surface area contributed by atoms with Gasteiger partial charge in [0.15, 0.2) is 0 Å². The summed E-state index contributed by atoms with van der Waals surface area (Å²) in [6.45, 7) is 5.42. The molecule has 1 fully saturated rings. The third kappa shape index (κ3) is 4.21. The fourth-order valence-corrected chi connectivity index (χ4v) is 2.54. The number of amides is 2. The Bertz CT molecular complexity index is 522. The van der Waals surface area contributed by atoms with Crippen LogP contribution in [0.15, 0.2) is 18.2 Å². The van der Waals surface area contributed by atoms with Crippen molar-refractivity contribution in [1.29, 1.82) is 0 Å². The first kappa shape index (κ1) is 15.4. The van der Waals surface area contributed by atoms with Crippen LogP contribution in [0.1, 0.15) is 17.5 Å². The number of nitrogens with one attached hydrogen (secondary N) is 1. The summed E-state index contributed by atoms with van der Waals surface area (Å²) in [6.07, 6.45) is 0.306. The van der Waals surface area contributed by atoms with Gasteiger partial charge in [0.2, 0.25) is 11.8 Å². The van der Waals surface area contributed by atoms with Crippen molar-refractivity contribution < 1.29 is 14.3 Å². The molecule has 1 aliphatic rings.